The average molecular weight is 494 g/mol. The number of aliphatic hydroxyl groups excluding tert-OH is 1. The number of methoxy groups -OCH3 is 1. The van der Waals surface area contributed by atoms with Crippen LogP contribution in [0.15, 0.2) is 48.5 Å². The summed E-state index contributed by atoms with van der Waals surface area (Å²) in [4.78, 5) is 17.6. The predicted molar refractivity (Wildman–Crippen MR) is 141 cm³/mol. The largest absolute Gasteiger partial charge is 0.496 e. The van der Waals surface area contributed by atoms with Crippen molar-refractivity contribution in [2.75, 3.05) is 32.1 Å². The third-order valence-corrected chi connectivity index (χ3v) is 8.15. The molecule has 0 aliphatic carbocycles. The number of carbonyl (C=O) groups excluding carboxylic acids is 1. The molecule has 3 heterocycles. The molecule has 1 amide bonds. The Morgan fingerprint density at radius 1 is 1.23 bits per heavy atom. The van der Waals surface area contributed by atoms with E-state index in [2.05, 4.69) is 34.3 Å². The maximum atomic E-state index is 10.7. The highest BCUT2D eigenvalue weighted by atomic mass is 32.1. The number of rotatable bonds is 9. The Labute approximate surface area is 208 Å². The molecule has 0 radical (unpaired) electrons. The van der Waals surface area contributed by atoms with Crippen LogP contribution in [-0.4, -0.2) is 60.4 Å². The van der Waals surface area contributed by atoms with Crippen LogP contribution in [0.5, 0.6) is 11.5 Å². The molecule has 1 saturated heterocycles. The zero-order valence-electron chi connectivity index (χ0n) is 20.0. The minimum Gasteiger partial charge on any atom is -0.496 e. The Hall–Kier alpha value is -3.07. The second-order valence-corrected chi connectivity index (χ2v) is 10.3. The Bertz CT molecular complexity index is 1320. The van der Waals surface area contributed by atoms with Crippen LogP contribution < -0.4 is 14.8 Å². The van der Waals surface area contributed by atoms with Gasteiger partial charge in [-0.25, -0.2) is 0 Å². The summed E-state index contributed by atoms with van der Waals surface area (Å²) in [6.07, 6.45) is 2.18. The number of benzene rings is 2. The number of carbonyl (C=O) groups is 1. The number of amides is 1. The maximum absolute atomic E-state index is 10.7. The van der Waals surface area contributed by atoms with Crippen LogP contribution in [-0.2, 0) is 4.79 Å². The van der Waals surface area contributed by atoms with Crippen molar-refractivity contribution in [2.45, 2.75) is 37.8 Å². The molecule has 8 heteroatoms. The van der Waals surface area contributed by atoms with E-state index in [-0.39, 0.29) is 6.61 Å². The summed E-state index contributed by atoms with van der Waals surface area (Å²) in [5.41, 5.74) is 0.871. The number of piperidine rings is 1. The van der Waals surface area contributed by atoms with Gasteiger partial charge >= 0.3 is 0 Å². The average Bonchev–Trinajstić information content (AvgIpc) is 3.48. The number of nitrogens with one attached hydrogen (secondary N) is 2. The minimum absolute atomic E-state index is 0.212. The van der Waals surface area contributed by atoms with Crippen LogP contribution in [0.3, 0.4) is 0 Å². The smallest absolute Gasteiger partial charge is 0.212 e. The summed E-state index contributed by atoms with van der Waals surface area (Å²) in [7, 11) is 1.72. The van der Waals surface area contributed by atoms with E-state index in [4.69, 9.17) is 9.47 Å². The molecule has 7 nitrogen and oxygen atoms in total. The van der Waals surface area contributed by atoms with Crippen LogP contribution in [0.4, 0.5) is 5.82 Å². The first-order valence-corrected chi connectivity index (χ1v) is 12.8. The van der Waals surface area contributed by atoms with Crippen molar-refractivity contribution in [3.63, 3.8) is 0 Å². The number of aromatic amines is 1. The number of ether oxygens (including phenoxy) is 2. The lowest BCUT2D eigenvalue weighted by molar-refractivity contribution is -0.105. The number of hydrogen-bond donors (Lipinski definition) is 3. The topological polar surface area (TPSA) is 86.8 Å². The zero-order valence-corrected chi connectivity index (χ0v) is 20.8. The summed E-state index contributed by atoms with van der Waals surface area (Å²) in [6, 6.07) is 16.4. The molecule has 0 spiro atoms. The molecule has 3 N–H and O–H groups in total. The van der Waals surface area contributed by atoms with E-state index in [1.165, 1.54) is 15.0 Å². The number of likely N-dealkylation sites (tertiary alicyclic amines) is 1. The Kier molecular flexibility index (Phi) is 6.95. The zero-order chi connectivity index (χ0) is 24.4. The summed E-state index contributed by atoms with van der Waals surface area (Å²) in [5, 5.41) is 15.4. The molecular formula is C27H31N3O4S. The van der Waals surface area contributed by atoms with Crippen molar-refractivity contribution in [3.05, 3.63) is 53.4 Å². The number of aromatic nitrogens is 1. The van der Waals surface area contributed by atoms with E-state index < -0.39 is 6.10 Å². The standard InChI is InChI=1S/C27H31N3O4S/c1-17-11-18(26-12-21-23(33-2)6-4-8-25(21)35-26)9-10-30(17)14-19(32)15-34-24-7-3-5-22-20(24)13-27(29-22)28-16-31/h3-8,12-13,16-19,29,32H,9-11,14-15H2,1-2H3,(H,28,31)/t17-,18-,19-/m0/s1. The summed E-state index contributed by atoms with van der Waals surface area (Å²) in [5.74, 6) is 2.76. The molecule has 0 unspecified atom stereocenters. The molecule has 184 valence electrons. The van der Waals surface area contributed by atoms with Gasteiger partial charge in [-0.1, -0.05) is 12.1 Å². The van der Waals surface area contributed by atoms with Crippen LogP contribution in [0.2, 0.25) is 0 Å². The first-order valence-electron chi connectivity index (χ1n) is 12.0. The number of anilines is 1. The fourth-order valence-corrected chi connectivity index (χ4v) is 6.31. The normalized spacial score (nSPS) is 19.6. The van der Waals surface area contributed by atoms with Gasteiger partial charge in [0.25, 0.3) is 0 Å². The Morgan fingerprint density at radius 3 is 2.86 bits per heavy atom. The first-order chi connectivity index (χ1) is 17.1. The van der Waals surface area contributed by atoms with E-state index >= 15 is 0 Å². The van der Waals surface area contributed by atoms with Gasteiger partial charge in [-0.15, -0.1) is 11.3 Å². The number of thiophene rings is 1. The monoisotopic (exact) mass is 493 g/mol. The van der Waals surface area contributed by atoms with Gasteiger partial charge in [0.05, 0.1) is 12.6 Å². The van der Waals surface area contributed by atoms with Crippen molar-refractivity contribution < 1.29 is 19.4 Å². The number of H-pyrrole nitrogens is 1. The van der Waals surface area contributed by atoms with Crippen molar-refractivity contribution in [1.82, 2.24) is 9.88 Å². The van der Waals surface area contributed by atoms with E-state index in [0.29, 0.717) is 36.5 Å². The van der Waals surface area contributed by atoms with Crippen LogP contribution in [0, 0.1) is 0 Å². The van der Waals surface area contributed by atoms with Gasteiger partial charge in [0.15, 0.2) is 0 Å². The summed E-state index contributed by atoms with van der Waals surface area (Å²) < 4.78 is 12.8. The highest BCUT2D eigenvalue weighted by Crippen LogP contribution is 2.40. The molecular weight excluding hydrogens is 462 g/mol. The number of hydrogen-bond acceptors (Lipinski definition) is 6. The van der Waals surface area contributed by atoms with Crippen molar-refractivity contribution in [3.8, 4) is 11.5 Å². The van der Waals surface area contributed by atoms with Gasteiger partial charge in [0.1, 0.15) is 30.0 Å². The first kappa shape index (κ1) is 23.7. The summed E-state index contributed by atoms with van der Waals surface area (Å²) in [6.45, 7) is 3.98. The molecule has 1 aliphatic rings. The molecule has 4 aromatic rings. The van der Waals surface area contributed by atoms with Gasteiger partial charge in [-0.2, -0.15) is 0 Å². The van der Waals surface area contributed by atoms with Gasteiger partial charge in [-0.05, 0) is 68.6 Å². The highest BCUT2D eigenvalue weighted by Gasteiger charge is 2.29. The fourth-order valence-electron chi connectivity index (χ4n) is 5.09. The quantitative estimate of drug-likeness (QED) is 0.287. The lowest BCUT2D eigenvalue weighted by Crippen LogP contribution is -2.45. The van der Waals surface area contributed by atoms with Gasteiger partial charge in [0.2, 0.25) is 6.41 Å². The lowest BCUT2D eigenvalue weighted by atomic mass is 9.90. The lowest BCUT2D eigenvalue weighted by Gasteiger charge is -2.38. The number of β-amino-alcohol motifs (C(OH)–C–C–N with tert-alkyl or cyclic N) is 1. The maximum Gasteiger partial charge on any atom is 0.212 e. The van der Waals surface area contributed by atoms with E-state index in [0.717, 1.165) is 36.0 Å². The molecule has 0 bridgehead atoms. The number of nitrogens with zero attached hydrogens (tertiary/aromatic N) is 1. The van der Waals surface area contributed by atoms with Crippen LogP contribution >= 0.6 is 11.3 Å². The van der Waals surface area contributed by atoms with Gasteiger partial charge in [-0.3, -0.25) is 9.69 Å². The molecule has 5 rings (SSSR count). The second kappa shape index (κ2) is 10.3. The molecule has 2 aromatic heterocycles. The predicted octanol–water partition coefficient (Wildman–Crippen LogP) is 4.97. The number of fused-ring (bicyclic) bond motifs is 2. The second-order valence-electron chi connectivity index (χ2n) is 9.21. The molecule has 3 atom stereocenters. The Balaban J connectivity index is 1.18. The SMILES string of the molecule is COc1cccc2sc([C@H]3CCN(C[C@H](O)COc4cccc5[nH]c(NC=O)cc45)[C@@H](C)C3)cc12. The molecule has 2 aromatic carbocycles. The third-order valence-electron chi connectivity index (χ3n) is 6.89. The number of aliphatic hydroxyl groups is 1. The van der Waals surface area contributed by atoms with Crippen molar-refractivity contribution in [1.29, 1.82) is 0 Å². The molecule has 1 aliphatic heterocycles. The molecule has 35 heavy (non-hydrogen) atoms. The van der Waals surface area contributed by atoms with Gasteiger partial charge < -0.3 is 24.9 Å². The summed E-state index contributed by atoms with van der Waals surface area (Å²) >= 11 is 1.87. The molecule has 0 saturated carbocycles. The van der Waals surface area contributed by atoms with Crippen LogP contribution in [0.1, 0.15) is 30.6 Å². The van der Waals surface area contributed by atoms with Crippen molar-refractivity contribution in [2.24, 2.45) is 0 Å². The van der Waals surface area contributed by atoms with E-state index in [1.807, 2.05) is 47.7 Å². The minimum atomic E-state index is -0.593. The van der Waals surface area contributed by atoms with E-state index in [9.17, 15) is 9.90 Å². The highest BCUT2D eigenvalue weighted by molar-refractivity contribution is 7.19. The molecule has 1 fully saturated rings. The van der Waals surface area contributed by atoms with Gasteiger partial charge in [0, 0.05) is 32.9 Å². The fraction of sp³-hybridized carbons (Fsp3) is 0.370. The van der Waals surface area contributed by atoms with Crippen LogP contribution in [0.25, 0.3) is 21.0 Å². The van der Waals surface area contributed by atoms with E-state index in [1.54, 1.807) is 7.11 Å². The third kappa shape index (κ3) is 5.00. The van der Waals surface area contributed by atoms with Crippen molar-refractivity contribution >= 4 is 44.6 Å². The Morgan fingerprint density at radius 2 is 2.06 bits per heavy atom.